The van der Waals surface area contributed by atoms with Gasteiger partial charge >= 0.3 is 5.97 Å². The zero-order valence-electron chi connectivity index (χ0n) is 15.2. The van der Waals surface area contributed by atoms with E-state index in [2.05, 4.69) is 18.8 Å². The first-order valence-corrected chi connectivity index (χ1v) is 9.57. The molecule has 0 heterocycles. The number of hydrogen-bond acceptors (Lipinski definition) is 4. The number of ketones is 1. The van der Waals surface area contributed by atoms with Gasteiger partial charge in [0.1, 0.15) is 11.9 Å². The number of carbonyl (C=O) groups is 2. The van der Waals surface area contributed by atoms with Gasteiger partial charge in [0.2, 0.25) is 0 Å². The van der Waals surface area contributed by atoms with Crippen molar-refractivity contribution < 1.29 is 24.9 Å². The van der Waals surface area contributed by atoms with Crippen LogP contribution in [0.5, 0.6) is 0 Å². The quantitative estimate of drug-likeness (QED) is 0.392. The topological polar surface area (TPSA) is 94.8 Å². The maximum absolute atomic E-state index is 12.1. The Morgan fingerprint density at radius 2 is 1.92 bits per heavy atom. The summed E-state index contributed by atoms with van der Waals surface area (Å²) in [5.41, 5.74) is 0. The van der Waals surface area contributed by atoms with Crippen LogP contribution < -0.4 is 0 Å². The Kier molecular flexibility index (Phi) is 10.4. The van der Waals surface area contributed by atoms with E-state index in [4.69, 9.17) is 5.11 Å². The number of rotatable bonds is 11. The molecule has 25 heavy (non-hydrogen) atoms. The summed E-state index contributed by atoms with van der Waals surface area (Å²) in [6.07, 6.45) is 6.50. The minimum atomic E-state index is -0.776. The number of hydrogen-bond donors (Lipinski definition) is 3. The number of aliphatic hydroxyl groups excluding tert-OH is 2. The first-order valence-electron chi connectivity index (χ1n) is 9.57. The van der Waals surface area contributed by atoms with Crippen LogP contribution >= 0.6 is 0 Å². The Balaban J connectivity index is 2.42. The fourth-order valence-electron chi connectivity index (χ4n) is 3.34. The van der Waals surface area contributed by atoms with Gasteiger partial charge in [-0.15, -0.1) is 0 Å². The van der Waals surface area contributed by atoms with Gasteiger partial charge in [-0.2, -0.15) is 0 Å². The minimum absolute atomic E-state index is 0.0535. The molecule has 5 heteroatoms. The van der Waals surface area contributed by atoms with Gasteiger partial charge in [0.25, 0.3) is 0 Å². The smallest absolute Gasteiger partial charge is 0.303 e. The van der Waals surface area contributed by atoms with Crippen LogP contribution in [0.25, 0.3) is 0 Å². The molecule has 1 saturated carbocycles. The SMILES string of the molecule is CCCCC[C@H](O)C#C[C@@H]1[C@H](O)CC(=O)[C@H]1CCCCCCC(=O)O. The molecule has 0 bridgehead atoms. The lowest BCUT2D eigenvalue weighted by Gasteiger charge is -2.15. The van der Waals surface area contributed by atoms with Gasteiger partial charge < -0.3 is 15.3 Å². The molecule has 0 aliphatic heterocycles. The lowest BCUT2D eigenvalue weighted by atomic mass is 9.89. The Labute approximate surface area is 150 Å². The Morgan fingerprint density at radius 3 is 2.60 bits per heavy atom. The van der Waals surface area contributed by atoms with Crippen LogP contribution in [-0.2, 0) is 9.59 Å². The molecule has 5 nitrogen and oxygen atoms in total. The molecule has 0 amide bonds. The van der Waals surface area contributed by atoms with Crippen molar-refractivity contribution in [3.63, 3.8) is 0 Å². The van der Waals surface area contributed by atoms with Crippen LogP contribution in [0.2, 0.25) is 0 Å². The molecule has 3 N–H and O–H groups in total. The number of Topliss-reactive ketones (excluding diaryl/α,β-unsaturated/α-hetero) is 1. The Morgan fingerprint density at radius 1 is 1.20 bits per heavy atom. The average Bonchev–Trinajstić information content (AvgIpc) is 2.82. The highest BCUT2D eigenvalue weighted by Gasteiger charge is 2.40. The van der Waals surface area contributed by atoms with Crippen molar-refractivity contribution >= 4 is 11.8 Å². The zero-order valence-corrected chi connectivity index (χ0v) is 15.2. The predicted octanol–water partition coefficient (Wildman–Crippen LogP) is 2.92. The highest BCUT2D eigenvalue weighted by Crippen LogP contribution is 2.33. The monoisotopic (exact) mass is 352 g/mol. The van der Waals surface area contributed by atoms with Crippen molar-refractivity contribution in [2.75, 3.05) is 0 Å². The standard InChI is InChI=1S/C20H32O5/c1-2-3-6-9-15(21)12-13-17-16(18(22)14-19(17)23)10-7-4-5-8-11-20(24)25/h15-17,19,21,23H,2-11,14H2,1H3,(H,24,25)/t15-,16-,17-,19+/m0/s1. The maximum atomic E-state index is 12.1. The molecular weight excluding hydrogens is 320 g/mol. The van der Waals surface area contributed by atoms with Gasteiger partial charge in [0.05, 0.1) is 12.0 Å². The van der Waals surface area contributed by atoms with Crippen LogP contribution in [0.4, 0.5) is 0 Å². The molecule has 142 valence electrons. The van der Waals surface area contributed by atoms with Gasteiger partial charge in [0.15, 0.2) is 0 Å². The summed E-state index contributed by atoms with van der Waals surface area (Å²) < 4.78 is 0. The highest BCUT2D eigenvalue weighted by atomic mass is 16.4. The van der Waals surface area contributed by atoms with Crippen molar-refractivity contribution in [1.29, 1.82) is 0 Å². The molecule has 0 aromatic heterocycles. The third-order valence-corrected chi connectivity index (χ3v) is 4.83. The summed E-state index contributed by atoms with van der Waals surface area (Å²) in [5.74, 6) is 4.41. The number of aliphatic hydroxyl groups is 2. The molecule has 1 fully saturated rings. The van der Waals surface area contributed by atoms with Crippen molar-refractivity contribution in [3.8, 4) is 11.8 Å². The van der Waals surface area contributed by atoms with E-state index in [1.807, 2.05) is 0 Å². The van der Waals surface area contributed by atoms with E-state index in [9.17, 15) is 19.8 Å². The van der Waals surface area contributed by atoms with Gasteiger partial charge in [-0.3, -0.25) is 9.59 Å². The first-order chi connectivity index (χ1) is 12.0. The number of aliphatic carboxylic acids is 1. The minimum Gasteiger partial charge on any atom is -0.481 e. The van der Waals surface area contributed by atoms with Crippen molar-refractivity contribution in [3.05, 3.63) is 0 Å². The van der Waals surface area contributed by atoms with Crippen LogP contribution in [0.15, 0.2) is 0 Å². The molecule has 0 aromatic rings. The average molecular weight is 352 g/mol. The van der Waals surface area contributed by atoms with E-state index in [-0.39, 0.29) is 30.5 Å². The van der Waals surface area contributed by atoms with Crippen LogP contribution in [0.1, 0.15) is 77.6 Å². The largest absolute Gasteiger partial charge is 0.481 e. The van der Waals surface area contributed by atoms with E-state index >= 15 is 0 Å². The van der Waals surface area contributed by atoms with Gasteiger partial charge in [-0.05, 0) is 25.7 Å². The van der Waals surface area contributed by atoms with Crippen molar-refractivity contribution in [1.82, 2.24) is 0 Å². The maximum Gasteiger partial charge on any atom is 0.303 e. The van der Waals surface area contributed by atoms with Gasteiger partial charge in [-0.1, -0.05) is 50.9 Å². The lowest BCUT2D eigenvalue weighted by Crippen LogP contribution is -2.19. The normalized spacial score (nSPS) is 24.0. The second kappa shape index (κ2) is 12.1. The van der Waals surface area contributed by atoms with E-state index in [0.717, 1.165) is 38.5 Å². The van der Waals surface area contributed by atoms with E-state index in [1.54, 1.807) is 0 Å². The van der Waals surface area contributed by atoms with E-state index in [0.29, 0.717) is 19.3 Å². The van der Waals surface area contributed by atoms with Crippen molar-refractivity contribution in [2.24, 2.45) is 11.8 Å². The number of carboxylic acid groups (broad SMARTS) is 1. The molecular formula is C20H32O5. The molecule has 4 atom stereocenters. The summed E-state index contributed by atoms with van der Waals surface area (Å²) in [6, 6.07) is 0. The first kappa shape index (κ1) is 21.7. The molecule has 0 unspecified atom stereocenters. The van der Waals surface area contributed by atoms with E-state index in [1.165, 1.54) is 0 Å². The lowest BCUT2D eigenvalue weighted by molar-refractivity contribution is -0.137. The molecule has 0 aromatic carbocycles. The third-order valence-electron chi connectivity index (χ3n) is 4.83. The number of unbranched alkanes of at least 4 members (excludes halogenated alkanes) is 5. The molecule has 0 saturated heterocycles. The van der Waals surface area contributed by atoms with Gasteiger partial charge in [-0.25, -0.2) is 0 Å². The van der Waals surface area contributed by atoms with Crippen LogP contribution in [-0.4, -0.2) is 39.3 Å². The fourth-order valence-corrected chi connectivity index (χ4v) is 3.34. The second-order valence-corrected chi connectivity index (χ2v) is 7.02. The molecule has 1 rings (SSSR count). The summed E-state index contributed by atoms with van der Waals surface area (Å²) in [5, 5.41) is 28.6. The summed E-state index contributed by atoms with van der Waals surface area (Å²) >= 11 is 0. The second-order valence-electron chi connectivity index (χ2n) is 7.02. The molecule has 1 aliphatic rings. The summed E-state index contributed by atoms with van der Waals surface area (Å²) in [7, 11) is 0. The summed E-state index contributed by atoms with van der Waals surface area (Å²) in [6.45, 7) is 2.10. The fraction of sp³-hybridized carbons (Fsp3) is 0.800. The van der Waals surface area contributed by atoms with E-state index < -0.39 is 18.2 Å². The van der Waals surface area contributed by atoms with Crippen LogP contribution in [0.3, 0.4) is 0 Å². The molecule has 0 spiro atoms. The highest BCUT2D eigenvalue weighted by molar-refractivity contribution is 5.84. The summed E-state index contributed by atoms with van der Waals surface area (Å²) in [4.78, 5) is 22.6. The third kappa shape index (κ3) is 8.51. The molecule has 1 aliphatic carbocycles. The number of carbonyl (C=O) groups excluding carboxylic acids is 1. The Hall–Kier alpha value is -1.38. The van der Waals surface area contributed by atoms with Crippen LogP contribution in [0, 0.1) is 23.7 Å². The van der Waals surface area contributed by atoms with Crippen molar-refractivity contribution in [2.45, 2.75) is 89.8 Å². The molecule has 0 radical (unpaired) electrons. The zero-order chi connectivity index (χ0) is 18.7. The predicted molar refractivity (Wildman–Crippen MR) is 95.9 cm³/mol. The number of carboxylic acids is 1. The van der Waals surface area contributed by atoms with Gasteiger partial charge in [0, 0.05) is 18.8 Å². The Bertz CT molecular complexity index is 476.